The van der Waals surface area contributed by atoms with Crippen molar-refractivity contribution in [2.45, 2.75) is 64.0 Å². The highest BCUT2D eigenvalue weighted by Crippen LogP contribution is 2.37. The van der Waals surface area contributed by atoms with E-state index < -0.39 is 5.54 Å². The summed E-state index contributed by atoms with van der Waals surface area (Å²) in [6.07, 6.45) is 6.16. The molecule has 0 spiro atoms. The lowest BCUT2D eigenvalue weighted by Crippen LogP contribution is -2.52. The van der Waals surface area contributed by atoms with E-state index in [2.05, 4.69) is 25.8 Å². The maximum absolute atomic E-state index is 11.9. The fourth-order valence-corrected chi connectivity index (χ4v) is 3.42. The number of methoxy groups -OCH3 is 1. The van der Waals surface area contributed by atoms with Gasteiger partial charge in [-0.2, -0.15) is 0 Å². The largest absolute Gasteiger partial charge is 0.468 e. The van der Waals surface area contributed by atoms with Crippen molar-refractivity contribution in [1.29, 1.82) is 0 Å². The van der Waals surface area contributed by atoms with Crippen LogP contribution in [-0.4, -0.2) is 43.2 Å². The van der Waals surface area contributed by atoms with Gasteiger partial charge < -0.3 is 15.4 Å². The van der Waals surface area contributed by atoms with Crippen LogP contribution in [0.2, 0.25) is 0 Å². The van der Waals surface area contributed by atoms with E-state index in [1.165, 1.54) is 20.0 Å². The van der Waals surface area contributed by atoms with Crippen LogP contribution in [0, 0.1) is 5.92 Å². The number of esters is 1. The van der Waals surface area contributed by atoms with Crippen molar-refractivity contribution < 1.29 is 9.53 Å². The predicted octanol–water partition coefficient (Wildman–Crippen LogP) is 2.17. The van der Waals surface area contributed by atoms with E-state index in [0.29, 0.717) is 6.04 Å². The van der Waals surface area contributed by atoms with Crippen LogP contribution in [0.4, 0.5) is 0 Å². The topological polar surface area (TPSA) is 55.6 Å². The first kappa shape index (κ1) is 16.4. The zero-order valence-electron chi connectivity index (χ0n) is 12.9. The molecule has 0 heterocycles. The standard InChI is InChI=1S/C15H30N2O2/c1-5-13(6-2)17(3)11-9-12-8-7-10-15(12,16)14(18)19-4/h12-13H,5-11,16H2,1-4H3. The van der Waals surface area contributed by atoms with Crippen LogP contribution >= 0.6 is 0 Å². The minimum Gasteiger partial charge on any atom is -0.468 e. The number of carbonyl (C=O) groups is 1. The molecule has 0 bridgehead atoms. The molecule has 19 heavy (non-hydrogen) atoms. The zero-order chi connectivity index (χ0) is 14.5. The van der Waals surface area contributed by atoms with E-state index in [4.69, 9.17) is 10.5 Å². The van der Waals surface area contributed by atoms with Crippen molar-refractivity contribution in [2.75, 3.05) is 20.7 Å². The van der Waals surface area contributed by atoms with Crippen molar-refractivity contribution in [3.8, 4) is 0 Å². The van der Waals surface area contributed by atoms with Gasteiger partial charge >= 0.3 is 5.97 Å². The average molecular weight is 270 g/mol. The molecule has 4 nitrogen and oxygen atoms in total. The first-order valence-electron chi connectivity index (χ1n) is 7.57. The molecule has 0 aromatic heterocycles. The van der Waals surface area contributed by atoms with E-state index in [-0.39, 0.29) is 11.9 Å². The second kappa shape index (κ2) is 7.25. The Bertz CT molecular complexity index is 292. The summed E-state index contributed by atoms with van der Waals surface area (Å²) >= 11 is 0. The van der Waals surface area contributed by atoms with Gasteiger partial charge in [0.05, 0.1) is 7.11 Å². The summed E-state index contributed by atoms with van der Waals surface area (Å²) in [6, 6.07) is 0.631. The molecule has 112 valence electrons. The van der Waals surface area contributed by atoms with E-state index in [1.54, 1.807) is 0 Å². The number of hydrogen-bond donors (Lipinski definition) is 1. The Morgan fingerprint density at radius 3 is 2.63 bits per heavy atom. The Morgan fingerprint density at radius 2 is 2.11 bits per heavy atom. The Morgan fingerprint density at radius 1 is 1.47 bits per heavy atom. The number of carbonyl (C=O) groups excluding carboxylic acids is 1. The molecule has 1 fully saturated rings. The molecule has 0 amide bonds. The summed E-state index contributed by atoms with van der Waals surface area (Å²) in [5.74, 6) is 0.0250. The molecule has 2 atom stereocenters. The van der Waals surface area contributed by atoms with Gasteiger partial charge in [0.1, 0.15) is 5.54 Å². The third-order valence-corrected chi connectivity index (χ3v) is 4.83. The van der Waals surface area contributed by atoms with Crippen LogP contribution in [0.5, 0.6) is 0 Å². The van der Waals surface area contributed by atoms with Gasteiger partial charge in [0, 0.05) is 6.04 Å². The second-order valence-corrected chi connectivity index (χ2v) is 5.86. The molecular weight excluding hydrogens is 240 g/mol. The summed E-state index contributed by atoms with van der Waals surface area (Å²) in [7, 11) is 3.60. The number of hydrogen-bond acceptors (Lipinski definition) is 4. The minimum absolute atomic E-state index is 0.236. The fraction of sp³-hybridized carbons (Fsp3) is 0.933. The maximum atomic E-state index is 11.9. The predicted molar refractivity (Wildman–Crippen MR) is 77.9 cm³/mol. The van der Waals surface area contributed by atoms with Crippen molar-refractivity contribution >= 4 is 5.97 Å². The third kappa shape index (κ3) is 3.69. The highest BCUT2D eigenvalue weighted by Gasteiger charge is 2.46. The summed E-state index contributed by atoms with van der Waals surface area (Å²) in [6.45, 7) is 5.46. The van der Waals surface area contributed by atoms with Gasteiger partial charge in [-0.15, -0.1) is 0 Å². The van der Waals surface area contributed by atoms with E-state index in [0.717, 1.165) is 32.2 Å². The van der Waals surface area contributed by atoms with E-state index in [9.17, 15) is 4.79 Å². The Balaban J connectivity index is 2.54. The zero-order valence-corrected chi connectivity index (χ0v) is 12.9. The van der Waals surface area contributed by atoms with Gasteiger partial charge in [0.2, 0.25) is 0 Å². The average Bonchev–Trinajstić information content (AvgIpc) is 2.79. The van der Waals surface area contributed by atoms with Crippen LogP contribution in [0.1, 0.15) is 52.4 Å². The highest BCUT2D eigenvalue weighted by atomic mass is 16.5. The van der Waals surface area contributed by atoms with Crippen LogP contribution in [-0.2, 0) is 9.53 Å². The van der Waals surface area contributed by atoms with Gasteiger partial charge in [0.15, 0.2) is 0 Å². The molecule has 0 aliphatic heterocycles. The molecule has 0 saturated heterocycles. The highest BCUT2D eigenvalue weighted by molar-refractivity contribution is 5.81. The lowest BCUT2D eigenvalue weighted by atomic mass is 9.85. The normalized spacial score (nSPS) is 27.2. The SMILES string of the molecule is CCC(CC)N(C)CCC1CCCC1(N)C(=O)OC. The second-order valence-electron chi connectivity index (χ2n) is 5.86. The van der Waals surface area contributed by atoms with Gasteiger partial charge in [-0.1, -0.05) is 20.3 Å². The van der Waals surface area contributed by atoms with Crippen LogP contribution in [0.25, 0.3) is 0 Å². The lowest BCUT2D eigenvalue weighted by Gasteiger charge is -2.32. The fourth-order valence-electron chi connectivity index (χ4n) is 3.42. The summed E-state index contributed by atoms with van der Waals surface area (Å²) in [5, 5.41) is 0. The molecule has 4 heteroatoms. The quantitative estimate of drug-likeness (QED) is 0.720. The molecule has 0 aromatic rings. The molecule has 2 N–H and O–H groups in total. The molecule has 1 saturated carbocycles. The van der Waals surface area contributed by atoms with Crippen LogP contribution < -0.4 is 5.73 Å². The van der Waals surface area contributed by atoms with Gasteiger partial charge in [-0.3, -0.25) is 4.79 Å². The molecule has 1 rings (SSSR count). The number of nitrogens with zero attached hydrogens (tertiary/aromatic N) is 1. The van der Waals surface area contributed by atoms with Crippen molar-refractivity contribution in [1.82, 2.24) is 4.90 Å². The molecule has 2 unspecified atom stereocenters. The third-order valence-electron chi connectivity index (χ3n) is 4.83. The van der Waals surface area contributed by atoms with E-state index >= 15 is 0 Å². The van der Waals surface area contributed by atoms with Crippen LogP contribution in [0.3, 0.4) is 0 Å². The Labute approximate surface area is 117 Å². The van der Waals surface area contributed by atoms with E-state index in [1.807, 2.05) is 0 Å². The van der Waals surface area contributed by atoms with Gasteiger partial charge in [0.25, 0.3) is 0 Å². The lowest BCUT2D eigenvalue weighted by molar-refractivity contribution is -0.148. The van der Waals surface area contributed by atoms with Gasteiger partial charge in [-0.25, -0.2) is 0 Å². The van der Waals surface area contributed by atoms with Crippen molar-refractivity contribution in [3.05, 3.63) is 0 Å². The minimum atomic E-state index is -0.747. The molecule has 1 aliphatic rings. The first-order chi connectivity index (χ1) is 8.99. The van der Waals surface area contributed by atoms with Crippen molar-refractivity contribution in [2.24, 2.45) is 11.7 Å². The first-order valence-corrected chi connectivity index (χ1v) is 7.57. The number of ether oxygens (including phenoxy) is 1. The monoisotopic (exact) mass is 270 g/mol. The molecule has 1 aliphatic carbocycles. The summed E-state index contributed by atoms with van der Waals surface area (Å²) < 4.78 is 4.89. The Hall–Kier alpha value is -0.610. The molecule has 0 aromatic carbocycles. The molecule has 0 radical (unpaired) electrons. The summed E-state index contributed by atoms with van der Waals surface area (Å²) in [5.41, 5.74) is 5.55. The molecular formula is C15H30N2O2. The van der Waals surface area contributed by atoms with Crippen molar-refractivity contribution in [3.63, 3.8) is 0 Å². The number of rotatable bonds is 7. The smallest absolute Gasteiger partial charge is 0.326 e. The summed E-state index contributed by atoms with van der Waals surface area (Å²) in [4.78, 5) is 14.3. The maximum Gasteiger partial charge on any atom is 0.326 e. The Kier molecular flexibility index (Phi) is 6.27. The van der Waals surface area contributed by atoms with Crippen LogP contribution in [0.15, 0.2) is 0 Å². The van der Waals surface area contributed by atoms with Gasteiger partial charge in [-0.05, 0) is 51.6 Å². The number of nitrogens with two attached hydrogens (primary N) is 1.